The quantitative estimate of drug-likeness (QED) is 0.360. The van der Waals surface area contributed by atoms with Crippen molar-refractivity contribution in [2.24, 2.45) is 0 Å². The summed E-state index contributed by atoms with van der Waals surface area (Å²) in [7, 11) is -0.456. The minimum absolute atomic E-state index is 0.386. The van der Waals surface area contributed by atoms with Crippen LogP contribution in [-0.2, 0) is 9.31 Å². The normalized spacial score (nSPS) is 18.8. The molecule has 27 heavy (non-hydrogen) atoms. The molecule has 5 rings (SSSR count). The van der Waals surface area contributed by atoms with Gasteiger partial charge in [0.15, 0.2) is 0 Å². The summed E-state index contributed by atoms with van der Waals surface area (Å²) in [6.45, 7) is 8.24. The standard InChI is InChI=1S/C22H20BClO2S/c1-21(2)22(3,4)26-23(25-21)17-11-16-15-9-13-7-5-6-8-14(13)10-19(15)27-20(16)12-18(17)24/h5-12H,1-4H3. The van der Waals surface area contributed by atoms with Crippen molar-refractivity contribution in [3.63, 3.8) is 0 Å². The molecule has 0 N–H and O–H groups in total. The Labute approximate surface area is 168 Å². The highest BCUT2D eigenvalue weighted by molar-refractivity contribution is 7.26. The highest BCUT2D eigenvalue weighted by Gasteiger charge is 2.52. The number of hydrogen-bond donors (Lipinski definition) is 0. The molecular formula is C22H20BClO2S. The topological polar surface area (TPSA) is 18.5 Å². The number of hydrogen-bond acceptors (Lipinski definition) is 3. The van der Waals surface area contributed by atoms with Gasteiger partial charge >= 0.3 is 7.12 Å². The number of benzene rings is 3. The summed E-state index contributed by atoms with van der Waals surface area (Å²) in [5.74, 6) is 0. The van der Waals surface area contributed by atoms with E-state index in [1.54, 1.807) is 11.3 Å². The van der Waals surface area contributed by atoms with Crippen LogP contribution in [-0.4, -0.2) is 18.3 Å². The second-order valence-corrected chi connectivity index (χ2v) is 9.75. The molecule has 1 fully saturated rings. The van der Waals surface area contributed by atoms with E-state index >= 15 is 0 Å². The van der Waals surface area contributed by atoms with Gasteiger partial charge < -0.3 is 9.31 Å². The van der Waals surface area contributed by atoms with E-state index in [2.05, 4.69) is 70.2 Å². The maximum absolute atomic E-state index is 6.65. The Kier molecular flexibility index (Phi) is 3.70. The lowest BCUT2D eigenvalue weighted by Gasteiger charge is -2.32. The third kappa shape index (κ3) is 2.62. The summed E-state index contributed by atoms with van der Waals surface area (Å²) in [6.07, 6.45) is 0. The van der Waals surface area contributed by atoms with Crippen molar-refractivity contribution in [3.8, 4) is 0 Å². The number of rotatable bonds is 1. The van der Waals surface area contributed by atoms with E-state index in [1.165, 1.54) is 30.9 Å². The summed E-state index contributed by atoms with van der Waals surface area (Å²) in [4.78, 5) is 0. The van der Waals surface area contributed by atoms with Crippen molar-refractivity contribution in [1.82, 2.24) is 0 Å². The van der Waals surface area contributed by atoms with Crippen molar-refractivity contribution in [2.45, 2.75) is 38.9 Å². The van der Waals surface area contributed by atoms with E-state index in [4.69, 9.17) is 20.9 Å². The first-order valence-corrected chi connectivity index (χ1v) is 10.3. The molecule has 2 heterocycles. The molecule has 1 aliphatic heterocycles. The zero-order chi connectivity index (χ0) is 19.0. The first kappa shape index (κ1) is 17.5. The predicted molar refractivity (Wildman–Crippen MR) is 118 cm³/mol. The van der Waals surface area contributed by atoms with E-state index in [9.17, 15) is 0 Å². The minimum atomic E-state index is -0.456. The fraction of sp³-hybridized carbons (Fsp3) is 0.273. The number of halogens is 1. The molecule has 0 saturated carbocycles. The molecule has 136 valence electrons. The van der Waals surface area contributed by atoms with Gasteiger partial charge in [-0.15, -0.1) is 11.3 Å². The summed E-state index contributed by atoms with van der Waals surface area (Å²) in [6, 6.07) is 17.2. The maximum atomic E-state index is 6.65. The van der Waals surface area contributed by atoms with Crippen molar-refractivity contribution < 1.29 is 9.31 Å². The predicted octanol–water partition coefficient (Wildman–Crippen LogP) is 6.16. The third-order valence-electron chi connectivity index (χ3n) is 5.96. The molecule has 0 bridgehead atoms. The molecular weight excluding hydrogens is 375 g/mol. The maximum Gasteiger partial charge on any atom is 0.496 e. The summed E-state index contributed by atoms with van der Waals surface area (Å²) in [5, 5.41) is 5.65. The smallest absolute Gasteiger partial charge is 0.399 e. The van der Waals surface area contributed by atoms with Crippen LogP contribution in [0.1, 0.15) is 27.7 Å². The van der Waals surface area contributed by atoms with E-state index < -0.39 is 7.12 Å². The highest BCUT2D eigenvalue weighted by atomic mass is 35.5. The van der Waals surface area contributed by atoms with Crippen LogP contribution >= 0.6 is 22.9 Å². The molecule has 1 aliphatic rings. The summed E-state index contributed by atoms with van der Waals surface area (Å²) < 4.78 is 14.9. The number of fused-ring (bicyclic) bond motifs is 4. The lowest BCUT2D eigenvalue weighted by atomic mass is 9.78. The molecule has 0 radical (unpaired) electrons. The lowest BCUT2D eigenvalue weighted by molar-refractivity contribution is 0.00578. The molecule has 1 aromatic heterocycles. The fourth-order valence-corrected chi connectivity index (χ4v) is 5.12. The van der Waals surface area contributed by atoms with Gasteiger partial charge in [-0.1, -0.05) is 41.9 Å². The fourth-order valence-electron chi connectivity index (χ4n) is 3.65. The molecule has 3 aromatic carbocycles. The lowest BCUT2D eigenvalue weighted by Crippen LogP contribution is -2.41. The highest BCUT2D eigenvalue weighted by Crippen LogP contribution is 2.40. The van der Waals surface area contributed by atoms with Crippen molar-refractivity contribution >= 4 is 66.5 Å². The average Bonchev–Trinajstić information content (AvgIpc) is 3.04. The van der Waals surface area contributed by atoms with Crippen LogP contribution in [0.15, 0.2) is 48.5 Å². The Morgan fingerprint density at radius 1 is 0.815 bits per heavy atom. The first-order valence-electron chi connectivity index (χ1n) is 9.15. The van der Waals surface area contributed by atoms with Crippen LogP contribution in [0.5, 0.6) is 0 Å². The van der Waals surface area contributed by atoms with Gasteiger partial charge in [0, 0.05) is 30.7 Å². The zero-order valence-corrected chi connectivity index (χ0v) is 17.4. The average molecular weight is 395 g/mol. The molecule has 2 nitrogen and oxygen atoms in total. The zero-order valence-electron chi connectivity index (χ0n) is 15.8. The summed E-state index contributed by atoms with van der Waals surface area (Å²) >= 11 is 8.42. The second kappa shape index (κ2) is 5.71. The Bertz CT molecular complexity index is 1200. The van der Waals surface area contributed by atoms with Crippen molar-refractivity contribution in [2.75, 3.05) is 0 Å². The first-order chi connectivity index (χ1) is 12.7. The Hall–Kier alpha value is -1.59. The second-order valence-electron chi connectivity index (χ2n) is 8.26. The molecule has 0 aliphatic carbocycles. The summed E-state index contributed by atoms with van der Waals surface area (Å²) in [5.41, 5.74) is 0.127. The minimum Gasteiger partial charge on any atom is -0.399 e. The number of thiophene rings is 1. The molecule has 4 aromatic rings. The third-order valence-corrected chi connectivity index (χ3v) is 7.41. The van der Waals surface area contributed by atoms with E-state index in [0.29, 0.717) is 5.02 Å². The van der Waals surface area contributed by atoms with E-state index in [1.807, 2.05) is 6.07 Å². The van der Waals surface area contributed by atoms with Crippen LogP contribution in [0.4, 0.5) is 0 Å². The Balaban J connectivity index is 1.72. The Morgan fingerprint density at radius 3 is 2.04 bits per heavy atom. The van der Waals surface area contributed by atoms with Gasteiger partial charge in [0.2, 0.25) is 0 Å². The van der Waals surface area contributed by atoms with Crippen LogP contribution in [0.2, 0.25) is 5.02 Å². The molecule has 1 saturated heterocycles. The van der Waals surface area contributed by atoms with Crippen LogP contribution in [0, 0.1) is 0 Å². The molecule has 0 spiro atoms. The SMILES string of the molecule is CC1(C)OB(c2cc3c(cc2Cl)sc2cc4ccccc4cc23)OC1(C)C. The van der Waals surface area contributed by atoms with Gasteiger partial charge in [-0.05, 0) is 56.7 Å². The van der Waals surface area contributed by atoms with E-state index in [0.717, 1.165) is 5.46 Å². The largest absolute Gasteiger partial charge is 0.496 e. The van der Waals surface area contributed by atoms with Gasteiger partial charge in [0.25, 0.3) is 0 Å². The van der Waals surface area contributed by atoms with Crippen molar-refractivity contribution in [3.05, 3.63) is 53.6 Å². The van der Waals surface area contributed by atoms with Gasteiger partial charge in [-0.25, -0.2) is 0 Å². The van der Waals surface area contributed by atoms with Crippen LogP contribution in [0.25, 0.3) is 30.9 Å². The molecule has 0 atom stereocenters. The molecule has 0 amide bonds. The monoisotopic (exact) mass is 394 g/mol. The van der Waals surface area contributed by atoms with Crippen LogP contribution in [0.3, 0.4) is 0 Å². The van der Waals surface area contributed by atoms with Crippen LogP contribution < -0.4 is 5.46 Å². The molecule has 0 unspecified atom stereocenters. The van der Waals surface area contributed by atoms with Gasteiger partial charge in [0.05, 0.1) is 11.2 Å². The van der Waals surface area contributed by atoms with E-state index in [-0.39, 0.29) is 11.2 Å². The van der Waals surface area contributed by atoms with Gasteiger partial charge in [0.1, 0.15) is 0 Å². The Morgan fingerprint density at radius 2 is 1.37 bits per heavy atom. The van der Waals surface area contributed by atoms with Gasteiger partial charge in [-0.3, -0.25) is 0 Å². The molecule has 5 heteroatoms. The van der Waals surface area contributed by atoms with Crippen molar-refractivity contribution in [1.29, 1.82) is 0 Å². The van der Waals surface area contributed by atoms with Gasteiger partial charge in [-0.2, -0.15) is 0 Å².